The Morgan fingerprint density at radius 1 is 1.28 bits per heavy atom. The zero-order valence-corrected chi connectivity index (χ0v) is 10.9. The molecule has 1 aliphatic carbocycles. The maximum Gasteiger partial charge on any atom is 0.314 e. The second kappa shape index (κ2) is 6.43. The molecule has 0 N–H and O–H groups in total. The number of hydrogen-bond donors (Lipinski definition) is 0. The van der Waals surface area contributed by atoms with Gasteiger partial charge in [0.25, 0.3) is 0 Å². The van der Waals surface area contributed by atoms with Crippen molar-refractivity contribution >= 4 is 5.97 Å². The van der Waals surface area contributed by atoms with Crippen molar-refractivity contribution in [3.8, 4) is 11.5 Å². The molecule has 0 saturated heterocycles. The van der Waals surface area contributed by atoms with Gasteiger partial charge in [0.05, 0.1) is 12.5 Å². The molecule has 1 aromatic carbocycles. The number of hydrogen-bond acceptors (Lipinski definition) is 3. The van der Waals surface area contributed by atoms with E-state index < -0.39 is 0 Å². The van der Waals surface area contributed by atoms with Crippen LogP contribution in [0.4, 0.5) is 0 Å². The summed E-state index contributed by atoms with van der Waals surface area (Å²) < 4.78 is 10.9. The minimum absolute atomic E-state index is 0.0882. The summed E-state index contributed by atoms with van der Waals surface area (Å²) in [6, 6.07) is 7.30. The molecule has 0 aliphatic heterocycles. The smallest absolute Gasteiger partial charge is 0.314 e. The highest BCUT2D eigenvalue weighted by Crippen LogP contribution is 2.27. The largest absolute Gasteiger partial charge is 0.493 e. The van der Waals surface area contributed by atoms with Gasteiger partial charge < -0.3 is 9.47 Å². The Kier molecular flexibility index (Phi) is 4.62. The number of rotatable bonds is 5. The van der Waals surface area contributed by atoms with Crippen molar-refractivity contribution in [3.63, 3.8) is 0 Å². The Morgan fingerprint density at radius 2 is 2.00 bits per heavy atom. The first-order valence-corrected chi connectivity index (χ1v) is 6.74. The molecule has 0 radical (unpaired) electrons. The average molecular weight is 248 g/mol. The molecule has 0 unspecified atom stereocenters. The molecule has 0 amide bonds. The summed E-state index contributed by atoms with van der Waals surface area (Å²) in [5, 5.41) is 0. The summed E-state index contributed by atoms with van der Waals surface area (Å²) in [4.78, 5) is 11.9. The molecule has 98 valence electrons. The lowest BCUT2D eigenvalue weighted by atomic mass is 10.1. The highest BCUT2D eigenvalue weighted by Gasteiger charge is 2.24. The fourth-order valence-electron chi connectivity index (χ4n) is 2.21. The van der Waals surface area contributed by atoms with Gasteiger partial charge in [-0.1, -0.05) is 25.8 Å². The molecule has 0 aromatic heterocycles. The first kappa shape index (κ1) is 12.9. The summed E-state index contributed by atoms with van der Waals surface area (Å²) in [5.74, 6) is 1.33. The van der Waals surface area contributed by atoms with Crippen molar-refractivity contribution in [3.05, 3.63) is 24.3 Å². The topological polar surface area (TPSA) is 35.5 Å². The summed E-state index contributed by atoms with van der Waals surface area (Å²) in [6.07, 6.45) is 5.17. The number of carbonyl (C=O) groups is 1. The van der Waals surface area contributed by atoms with Gasteiger partial charge in [-0.3, -0.25) is 4.79 Å². The lowest BCUT2D eigenvalue weighted by molar-refractivity contribution is -0.138. The minimum Gasteiger partial charge on any atom is -0.493 e. The average Bonchev–Trinajstić information content (AvgIpc) is 2.91. The minimum atomic E-state index is -0.0971. The van der Waals surface area contributed by atoms with E-state index in [0.29, 0.717) is 12.4 Å². The third-order valence-electron chi connectivity index (χ3n) is 3.19. The van der Waals surface area contributed by atoms with Crippen molar-refractivity contribution in [2.45, 2.75) is 39.0 Å². The van der Waals surface area contributed by atoms with Gasteiger partial charge in [0.15, 0.2) is 0 Å². The molecule has 3 nitrogen and oxygen atoms in total. The quantitative estimate of drug-likeness (QED) is 0.590. The molecule has 0 bridgehead atoms. The van der Waals surface area contributed by atoms with Crippen LogP contribution in [0, 0.1) is 5.92 Å². The van der Waals surface area contributed by atoms with E-state index in [1.807, 2.05) is 12.1 Å². The first-order chi connectivity index (χ1) is 8.79. The van der Waals surface area contributed by atoms with Crippen LogP contribution in [-0.2, 0) is 4.79 Å². The summed E-state index contributed by atoms with van der Waals surface area (Å²) in [6.45, 7) is 2.74. The lowest BCUT2D eigenvalue weighted by Gasteiger charge is -2.10. The fraction of sp³-hybridized carbons (Fsp3) is 0.533. The van der Waals surface area contributed by atoms with Crippen molar-refractivity contribution in [1.82, 2.24) is 0 Å². The molecule has 2 rings (SSSR count). The lowest BCUT2D eigenvalue weighted by Crippen LogP contribution is -2.17. The van der Waals surface area contributed by atoms with Gasteiger partial charge in [-0.05, 0) is 31.4 Å². The van der Waals surface area contributed by atoms with E-state index in [1.165, 1.54) is 0 Å². The van der Waals surface area contributed by atoms with Crippen LogP contribution in [0.15, 0.2) is 24.3 Å². The zero-order valence-electron chi connectivity index (χ0n) is 10.9. The molecule has 0 atom stereocenters. The Morgan fingerprint density at radius 3 is 2.72 bits per heavy atom. The van der Waals surface area contributed by atoms with E-state index in [-0.39, 0.29) is 11.9 Å². The van der Waals surface area contributed by atoms with Gasteiger partial charge in [-0.15, -0.1) is 0 Å². The van der Waals surface area contributed by atoms with E-state index in [4.69, 9.17) is 9.47 Å². The Labute approximate surface area is 108 Å². The molecular formula is C15H20O3. The monoisotopic (exact) mass is 248 g/mol. The Bertz CT molecular complexity index is 394. The predicted molar refractivity (Wildman–Crippen MR) is 69.8 cm³/mol. The van der Waals surface area contributed by atoms with Crippen LogP contribution < -0.4 is 9.47 Å². The number of carbonyl (C=O) groups excluding carboxylic acids is 1. The maximum absolute atomic E-state index is 11.9. The third-order valence-corrected chi connectivity index (χ3v) is 3.19. The molecular weight excluding hydrogens is 228 g/mol. The van der Waals surface area contributed by atoms with E-state index in [9.17, 15) is 4.79 Å². The normalized spacial score (nSPS) is 15.6. The van der Waals surface area contributed by atoms with Crippen molar-refractivity contribution in [2.24, 2.45) is 5.92 Å². The van der Waals surface area contributed by atoms with E-state index in [2.05, 4.69) is 6.92 Å². The maximum atomic E-state index is 11.9. The molecule has 0 heterocycles. The highest BCUT2D eigenvalue weighted by molar-refractivity contribution is 5.75. The van der Waals surface area contributed by atoms with E-state index in [0.717, 1.165) is 37.9 Å². The van der Waals surface area contributed by atoms with Crippen LogP contribution in [0.25, 0.3) is 0 Å². The van der Waals surface area contributed by atoms with Gasteiger partial charge in [-0.2, -0.15) is 0 Å². The Hall–Kier alpha value is -1.51. The van der Waals surface area contributed by atoms with Crippen molar-refractivity contribution in [1.29, 1.82) is 0 Å². The van der Waals surface area contributed by atoms with Gasteiger partial charge in [0.1, 0.15) is 11.5 Å². The second-order valence-corrected chi connectivity index (χ2v) is 4.73. The van der Waals surface area contributed by atoms with Crippen LogP contribution >= 0.6 is 0 Å². The van der Waals surface area contributed by atoms with Gasteiger partial charge in [0, 0.05) is 6.07 Å². The van der Waals surface area contributed by atoms with Crippen molar-refractivity contribution in [2.75, 3.05) is 6.61 Å². The zero-order chi connectivity index (χ0) is 12.8. The van der Waals surface area contributed by atoms with Gasteiger partial charge >= 0.3 is 5.97 Å². The number of benzene rings is 1. The van der Waals surface area contributed by atoms with Gasteiger partial charge in [0.2, 0.25) is 0 Å². The van der Waals surface area contributed by atoms with E-state index in [1.54, 1.807) is 12.1 Å². The Balaban J connectivity index is 1.93. The first-order valence-electron chi connectivity index (χ1n) is 6.74. The van der Waals surface area contributed by atoms with Crippen LogP contribution in [0.1, 0.15) is 39.0 Å². The molecule has 1 saturated carbocycles. The van der Waals surface area contributed by atoms with Crippen LogP contribution in [0.3, 0.4) is 0 Å². The molecule has 1 aromatic rings. The molecule has 18 heavy (non-hydrogen) atoms. The highest BCUT2D eigenvalue weighted by atomic mass is 16.5. The molecule has 3 heteroatoms. The van der Waals surface area contributed by atoms with Gasteiger partial charge in [-0.25, -0.2) is 0 Å². The SMILES string of the molecule is CCCOc1cccc(OC(=O)C2CCCC2)c1. The standard InChI is InChI=1S/C15H20O3/c1-2-10-17-13-8-5-9-14(11-13)18-15(16)12-6-3-4-7-12/h5,8-9,11-12H,2-4,6-7,10H2,1H3. The predicted octanol–water partition coefficient (Wildman–Crippen LogP) is 3.57. The number of ether oxygens (including phenoxy) is 2. The van der Waals surface area contributed by atoms with Crippen molar-refractivity contribution < 1.29 is 14.3 Å². The summed E-state index contributed by atoms with van der Waals surface area (Å²) in [5.41, 5.74) is 0. The molecule has 1 fully saturated rings. The molecule has 0 spiro atoms. The van der Waals surface area contributed by atoms with Crippen LogP contribution in [0.2, 0.25) is 0 Å². The summed E-state index contributed by atoms with van der Waals surface area (Å²) >= 11 is 0. The molecule has 1 aliphatic rings. The number of esters is 1. The fourth-order valence-corrected chi connectivity index (χ4v) is 2.21. The summed E-state index contributed by atoms with van der Waals surface area (Å²) in [7, 11) is 0. The second-order valence-electron chi connectivity index (χ2n) is 4.73. The van der Waals surface area contributed by atoms with E-state index >= 15 is 0 Å². The third kappa shape index (κ3) is 3.49. The van der Waals surface area contributed by atoms with Crippen LogP contribution in [0.5, 0.6) is 11.5 Å². The van der Waals surface area contributed by atoms with Crippen LogP contribution in [-0.4, -0.2) is 12.6 Å².